The summed E-state index contributed by atoms with van der Waals surface area (Å²) >= 11 is 0. The van der Waals surface area contributed by atoms with Crippen LogP contribution in [0.5, 0.6) is 5.75 Å². The molecule has 0 bridgehead atoms. The zero-order valence-electron chi connectivity index (χ0n) is 14.4. The summed E-state index contributed by atoms with van der Waals surface area (Å²) in [5.74, 6) is 0.374. The zero-order valence-corrected chi connectivity index (χ0v) is 14.4. The van der Waals surface area contributed by atoms with Crippen molar-refractivity contribution >= 4 is 11.8 Å². The summed E-state index contributed by atoms with van der Waals surface area (Å²) in [5.41, 5.74) is 0.937. The highest BCUT2D eigenvalue weighted by molar-refractivity contribution is 5.77. The summed E-state index contributed by atoms with van der Waals surface area (Å²) in [7, 11) is 1.59. The molecule has 7 nitrogen and oxygen atoms in total. The van der Waals surface area contributed by atoms with Crippen LogP contribution in [0.2, 0.25) is 0 Å². The standard InChI is InChI=1S/C18H24N2O5/c1-12(22)20-16-7-6-15(25-17(16)11-21)9-18(23)19-10-13-4-3-5-14(8-13)24-2/h3-8,15-17,21H,9-11H2,1-2H3,(H,19,23)(H,20,22)/t15-,16-,17+/m1/s1. The van der Waals surface area contributed by atoms with Gasteiger partial charge in [0.1, 0.15) is 11.9 Å². The van der Waals surface area contributed by atoms with Gasteiger partial charge in [-0.1, -0.05) is 24.3 Å². The van der Waals surface area contributed by atoms with E-state index in [2.05, 4.69) is 10.6 Å². The van der Waals surface area contributed by atoms with Crippen molar-refractivity contribution in [2.75, 3.05) is 13.7 Å². The second kappa shape index (κ2) is 9.19. The molecular formula is C18H24N2O5. The first-order valence-corrected chi connectivity index (χ1v) is 8.13. The predicted octanol–water partition coefficient (Wildman–Crippen LogP) is 0.522. The highest BCUT2D eigenvalue weighted by Gasteiger charge is 2.28. The van der Waals surface area contributed by atoms with Gasteiger partial charge in [0.05, 0.1) is 32.3 Å². The molecule has 0 fully saturated rings. The van der Waals surface area contributed by atoms with E-state index in [1.165, 1.54) is 6.92 Å². The lowest BCUT2D eigenvalue weighted by atomic mass is 10.0. The molecule has 0 spiro atoms. The number of nitrogens with one attached hydrogen (secondary N) is 2. The number of rotatable bonds is 7. The third kappa shape index (κ3) is 5.88. The first kappa shape index (κ1) is 19.0. The number of amides is 2. The molecule has 0 aliphatic carbocycles. The molecule has 0 radical (unpaired) electrons. The van der Waals surface area contributed by atoms with E-state index < -0.39 is 18.2 Å². The monoisotopic (exact) mass is 348 g/mol. The van der Waals surface area contributed by atoms with Crippen molar-refractivity contribution in [3.8, 4) is 5.75 Å². The lowest BCUT2D eigenvalue weighted by Crippen LogP contribution is -2.48. The van der Waals surface area contributed by atoms with Crippen molar-refractivity contribution in [1.82, 2.24) is 10.6 Å². The van der Waals surface area contributed by atoms with Gasteiger partial charge < -0.3 is 25.2 Å². The van der Waals surface area contributed by atoms with Crippen LogP contribution in [0.4, 0.5) is 0 Å². The largest absolute Gasteiger partial charge is 0.497 e. The van der Waals surface area contributed by atoms with Crippen LogP contribution in [0.1, 0.15) is 18.9 Å². The van der Waals surface area contributed by atoms with Crippen molar-refractivity contribution < 1.29 is 24.2 Å². The van der Waals surface area contributed by atoms with Gasteiger partial charge in [-0.05, 0) is 17.7 Å². The number of hydrogen-bond donors (Lipinski definition) is 3. The Morgan fingerprint density at radius 3 is 2.80 bits per heavy atom. The van der Waals surface area contributed by atoms with Crippen molar-refractivity contribution in [2.24, 2.45) is 0 Å². The molecule has 7 heteroatoms. The molecule has 1 aromatic rings. The molecule has 0 saturated heterocycles. The van der Waals surface area contributed by atoms with Crippen LogP contribution in [0, 0.1) is 0 Å². The highest BCUT2D eigenvalue weighted by atomic mass is 16.5. The van der Waals surface area contributed by atoms with E-state index in [1.54, 1.807) is 19.3 Å². The van der Waals surface area contributed by atoms with Gasteiger partial charge in [-0.25, -0.2) is 0 Å². The average Bonchev–Trinajstić information content (AvgIpc) is 2.61. The Kier molecular flexibility index (Phi) is 6.97. The quantitative estimate of drug-likeness (QED) is 0.624. The van der Waals surface area contributed by atoms with E-state index in [9.17, 15) is 14.7 Å². The van der Waals surface area contributed by atoms with Gasteiger partial charge in [-0.3, -0.25) is 9.59 Å². The molecule has 25 heavy (non-hydrogen) atoms. The molecule has 3 atom stereocenters. The fourth-order valence-corrected chi connectivity index (χ4v) is 2.61. The normalized spacial score (nSPS) is 22.3. The minimum atomic E-state index is -0.565. The van der Waals surface area contributed by atoms with E-state index in [4.69, 9.17) is 9.47 Å². The molecule has 0 saturated carbocycles. The summed E-state index contributed by atoms with van der Waals surface area (Å²) in [4.78, 5) is 23.2. The molecule has 0 aromatic heterocycles. The molecule has 1 aliphatic rings. The van der Waals surface area contributed by atoms with E-state index in [0.717, 1.165) is 11.3 Å². The Labute approximate surface area is 147 Å². The van der Waals surface area contributed by atoms with Crippen LogP contribution < -0.4 is 15.4 Å². The van der Waals surface area contributed by atoms with Gasteiger partial charge in [0, 0.05) is 13.5 Å². The Morgan fingerprint density at radius 2 is 2.12 bits per heavy atom. The molecule has 1 aromatic carbocycles. The van der Waals surface area contributed by atoms with Crippen molar-refractivity contribution in [1.29, 1.82) is 0 Å². The Morgan fingerprint density at radius 1 is 1.32 bits per heavy atom. The molecular weight excluding hydrogens is 324 g/mol. The van der Waals surface area contributed by atoms with Crippen LogP contribution >= 0.6 is 0 Å². The number of benzene rings is 1. The van der Waals surface area contributed by atoms with E-state index in [1.807, 2.05) is 24.3 Å². The molecule has 1 heterocycles. The van der Waals surface area contributed by atoms with Gasteiger partial charge in [-0.15, -0.1) is 0 Å². The van der Waals surface area contributed by atoms with E-state index >= 15 is 0 Å². The third-order valence-electron chi connectivity index (χ3n) is 3.84. The van der Waals surface area contributed by atoms with Crippen molar-refractivity contribution in [3.05, 3.63) is 42.0 Å². The van der Waals surface area contributed by atoms with Crippen LogP contribution in [0.25, 0.3) is 0 Å². The number of methoxy groups -OCH3 is 1. The molecule has 1 aliphatic heterocycles. The number of carbonyl (C=O) groups excluding carboxylic acids is 2. The molecule has 2 amide bonds. The molecule has 0 unspecified atom stereocenters. The van der Waals surface area contributed by atoms with E-state index in [-0.39, 0.29) is 24.8 Å². The fourth-order valence-electron chi connectivity index (χ4n) is 2.61. The van der Waals surface area contributed by atoms with Gasteiger partial charge in [0.25, 0.3) is 0 Å². The maximum Gasteiger partial charge on any atom is 0.223 e. The number of aliphatic hydroxyl groups is 1. The maximum absolute atomic E-state index is 12.1. The smallest absolute Gasteiger partial charge is 0.223 e. The SMILES string of the molecule is COc1cccc(CNC(=O)C[C@H]2C=C[C@@H](NC(C)=O)[C@H](CO)O2)c1. The average molecular weight is 348 g/mol. The number of aliphatic hydroxyl groups excluding tert-OH is 1. The zero-order chi connectivity index (χ0) is 18.2. The highest BCUT2D eigenvalue weighted by Crippen LogP contribution is 2.16. The van der Waals surface area contributed by atoms with Crippen LogP contribution in [0.15, 0.2) is 36.4 Å². The lowest BCUT2D eigenvalue weighted by molar-refractivity contribution is -0.127. The minimum Gasteiger partial charge on any atom is -0.497 e. The molecule has 136 valence electrons. The fraction of sp³-hybridized carbons (Fsp3) is 0.444. The first-order chi connectivity index (χ1) is 12.0. The molecule has 3 N–H and O–H groups in total. The van der Waals surface area contributed by atoms with Crippen molar-refractivity contribution in [3.63, 3.8) is 0 Å². The molecule has 2 rings (SSSR count). The Bertz CT molecular complexity index is 632. The second-order valence-electron chi connectivity index (χ2n) is 5.84. The van der Waals surface area contributed by atoms with Crippen LogP contribution in [-0.4, -0.2) is 48.9 Å². The van der Waals surface area contributed by atoms with Crippen molar-refractivity contribution in [2.45, 2.75) is 38.1 Å². The Hall–Kier alpha value is -2.38. The van der Waals surface area contributed by atoms with Gasteiger partial charge in [-0.2, -0.15) is 0 Å². The summed E-state index contributed by atoms with van der Waals surface area (Å²) in [6.45, 7) is 1.56. The number of carbonyl (C=O) groups is 2. The topological polar surface area (TPSA) is 96.9 Å². The number of ether oxygens (including phenoxy) is 2. The predicted molar refractivity (Wildman–Crippen MR) is 91.9 cm³/mol. The summed E-state index contributed by atoms with van der Waals surface area (Å²) in [6, 6.07) is 7.07. The Balaban J connectivity index is 1.84. The summed E-state index contributed by atoms with van der Waals surface area (Å²) in [5, 5.41) is 14.9. The van der Waals surface area contributed by atoms with Crippen LogP contribution in [0.3, 0.4) is 0 Å². The summed E-state index contributed by atoms with van der Waals surface area (Å²) < 4.78 is 10.8. The first-order valence-electron chi connectivity index (χ1n) is 8.13. The van der Waals surface area contributed by atoms with Crippen LogP contribution in [-0.2, 0) is 20.9 Å². The van der Waals surface area contributed by atoms with Gasteiger partial charge in [0.15, 0.2) is 0 Å². The second-order valence-corrected chi connectivity index (χ2v) is 5.84. The number of hydrogen-bond acceptors (Lipinski definition) is 5. The minimum absolute atomic E-state index is 0.143. The van der Waals surface area contributed by atoms with E-state index in [0.29, 0.717) is 6.54 Å². The summed E-state index contributed by atoms with van der Waals surface area (Å²) in [6.07, 6.45) is 2.63. The lowest BCUT2D eigenvalue weighted by Gasteiger charge is -2.31. The van der Waals surface area contributed by atoms with Gasteiger partial charge in [0.2, 0.25) is 11.8 Å². The maximum atomic E-state index is 12.1. The van der Waals surface area contributed by atoms with Gasteiger partial charge >= 0.3 is 0 Å². The third-order valence-corrected chi connectivity index (χ3v) is 3.84.